The third-order valence-electron chi connectivity index (χ3n) is 1.90. The van der Waals surface area contributed by atoms with E-state index in [1.165, 1.54) is 25.1 Å². The third kappa shape index (κ3) is 2.24. The third-order valence-corrected chi connectivity index (χ3v) is 1.90. The summed E-state index contributed by atoms with van der Waals surface area (Å²) in [5.41, 5.74) is -0.618. The Morgan fingerprint density at radius 3 is 2.80 bits per heavy atom. The molecular weight excluding hydrogens is 203 g/mol. The van der Waals surface area contributed by atoms with Crippen LogP contribution in [0.4, 0.5) is 10.1 Å². The summed E-state index contributed by atoms with van der Waals surface area (Å²) in [5.74, 6) is -0.964. The van der Waals surface area contributed by atoms with Crippen molar-refractivity contribution >= 4 is 11.8 Å². The fourth-order valence-electron chi connectivity index (χ4n) is 1.15. The molecule has 1 rings (SSSR count). The van der Waals surface area contributed by atoms with E-state index >= 15 is 0 Å². The fraction of sp³-hybridized carbons (Fsp3) is 0.222. The van der Waals surface area contributed by atoms with Crippen molar-refractivity contribution in [2.75, 3.05) is 0 Å². The monoisotopic (exact) mass is 210 g/mol. The van der Waals surface area contributed by atoms with Gasteiger partial charge < -0.3 is 0 Å². The Morgan fingerprint density at radius 1 is 1.60 bits per heavy atom. The van der Waals surface area contributed by atoms with Crippen LogP contribution in [0.1, 0.15) is 18.5 Å². The molecule has 0 N–H and O–H groups in total. The highest BCUT2D eigenvalue weighted by atomic mass is 19.1. The van der Waals surface area contributed by atoms with Gasteiger partial charge in [0.05, 0.1) is 11.0 Å². The highest BCUT2D eigenvalue weighted by Crippen LogP contribution is 2.26. The second kappa shape index (κ2) is 4.43. The molecule has 0 aliphatic rings. The first-order valence-electron chi connectivity index (χ1n) is 4.07. The number of nitro groups is 1. The molecule has 5 nitrogen and oxygen atoms in total. The lowest BCUT2D eigenvalue weighted by Gasteiger charge is -2.05. The molecule has 1 unspecified atom stereocenters. The lowest BCUT2D eigenvalue weighted by molar-refractivity contribution is -0.387. The number of isocyanates is 1. The summed E-state index contributed by atoms with van der Waals surface area (Å²) in [6.45, 7) is 1.45. The maximum Gasteiger partial charge on any atom is 0.305 e. The minimum atomic E-state index is -0.964. The van der Waals surface area contributed by atoms with Gasteiger partial charge in [0.25, 0.3) is 0 Å². The van der Waals surface area contributed by atoms with Crippen LogP contribution in [0, 0.1) is 15.9 Å². The number of hydrogen-bond acceptors (Lipinski definition) is 4. The van der Waals surface area contributed by atoms with Crippen molar-refractivity contribution in [1.82, 2.24) is 0 Å². The summed E-state index contributed by atoms with van der Waals surface area (Å²) in [4.78, 5) is 22.8. The summed E-state index contributed by atoms with van der Waals surface area (Å²) in [7, 11) is 0. The van der Waals surface area contributed by atoms with E-state index < -0.39 is 22.5 Å². The number of rotatable bonds is 3. The van der Waals surface area contributed by atoms with E-state index in [0.717, 1.165) is 6.07 Å². The highest BCUT2D eigenvalue weighted by molar-refractivity contribution is 5.40. The number of benzene rings is 1. The van der Waals surface area contributed by atoms with E-state index in [0.29, 0.717) is 0 Å². The SMILES string of the molecule is CC(N=C=O)c1cccc([N+](=O)[O-])c1F. The number of aliphatic imine (C=N–C) groups is 1. The van der Waals surface area contributed by atoms with Crippen LogP contribution in [-0.4, -0.2) is 11.0 Å². The molecule has 0 saturated heterocycles. The number of carbonyl (C=O) groups excluding carboxylic acids is 1. The molecule has 78 valence electrons. The largest absolute Gasteiger partial charge is 0.305 e. The van der Waals surface area contributed by atoms with Crippen LogP contribution < -0.4 is 0 Å². The first kappa shape index (κ1) is 11.0. The average molecular weight is 210 g/mol. The molecule has 0 spiro atoms. The molecule has 1 aromatic carbocycles. The Kier molecular flexibility index (Phi) is 3.25. The van der Waals surface area contributed by atoms with Crippen LogP contribution in [-0.2, 0) is 4.79 Å². The standard InChI is InChI=1S/C9H7FN2O3/c1-6(11-5-13)7-3-2-4-8(9(7)10)12(14)15/h2-4,6H,1H3. The van der Waals surface area contributed by atoms with Gasteiger partial charge in [-0.25, -0.2) is 4.79 Å². The van der Waals surface area contributed by atoms with E-state index in [9.17, 15) is 19.3 Å². The zero-order valence-electron chi connectivity index (χ0n) is 7.81. The molecule has 15 heavy (non-hydrogen) atoms. The van der Waals surface area contributed by atoms with Crippen LogP contribution >= 0.6 is 0 Å². The number of nitro benzene ring substituents is 1. The summed E-state index contributed by atoms with van der Waals surface area (Å²) < 4.78 is 13.5. The zero-order chi connectivity index (χ0) is 11.4. The van der Waals surface area contributed by atoms with Gasteiger partial charge in [-0.05, 0) is 6.92 Å². The van der Waals surface area contributed by atoms with Crippen LogP contribution in [0.15, 0.2) is 23.2 Å². The second-order valence-electron chi connectivity index (χ2n) is 2.83. The second-order valence-corrected chi connectivity index (χ2v) is 2.83. The van der Waals surface area contributed by atoms with Gasteiger partial charge in [0.15, 0.2) is 0 Å². The maximum absolute atomic E-state index is 13.5. The zero-order valence-corrected chi connectivity index (χ0v) is 7.81. The van der Waals surface area contributed by atoms with Crippen LogP contribution in [0.25, 0.3) is 0 Å². The Labute approximate surface area is 84.4 Å². The summed E-state index contributed by atoms with van der Waals surface area (Å²) in [6.07, 6.45) is 1.28. The van der Waals surface area contributed by atoms with Crippen molar-refractivity contribution in [3.05, 3.63) is 39.7 Å². The topological polar surface area (TPSA) is 72.6 Å². The molecule has 0 heterocycles. The molecule has 0 aliphatic carbocycles. The van der Waals surface area contributed by atoms with Gasteiger partial charge in [-0.3, -0.25) is 10.1 Å². The van der Waals surface area contributed by atoms with E-state index in [1.807, 2.05) is 0 Å². The Hall–Kier alpha value is -2.07. The van der Waals surface area contributed by atoms with E-state index in [1.54, 1.807) is 0 Å². The van der Waals surface area contributed by atoms with Crippen molar-refractivity contribution in [3.63, 3.8) is 0 Å². The number of nitrogens with zero attached hydrogens (tertiary/aromatic N) is 2. The van der Waals surface area contributed by atoms with Gasteiger partial charge in [0, 0.05) is 11.6 Å². The van der Waals surface area contributed by atoms with Gasteiger partial charge in [-0.1, -0.05) is 12.1 Å². The van der Waals surface area contributed by atoms with Crippen molar-refractivity contribution in [1.29, 1.82) is 0 Å². The highest BCUT2D eigenvalue weighted by Gasteiger charge is 2.20. The Bertz CT molecular complexity index is 441. The first-order chi connectivity index (χ1) is 7.07. The molecule has 0 saturated carbocycles. The quantitative estimate of drug-likeness (QED) is 0.332. The number of hydrogen-bond donors (Lipinski definition) is 0. The van der Waals surface area contributed by atoms with Crippen molar-refractivity contribution in [3.8, 4) is 0 Å². The molecule has 6 heteroatoms. The van der Waals surface area contributed by atoms with E-state index in [4.69, 9.17) is 0 Å². The van der Waals surface area contributed by atoms with Gasteiger partial charge >= 0.3 is 5.69 Å². The summed E-state index contributed by atoms with van der Waals surface area (Å²) in [5, 5.41) is 10.4. The van der Waals surface area contributed by atoms with E-state index in [-0.39, 0.29) is 5.56 Å². The van der Waals surface area contributed by atoms with Crippen LogP contribution in [0.2, 0.25) is 0 Å². The van der Waals surface area contributed by atoms with Crippen molar-refractivity contribution in [2.24, 2.45) is 4.99 Å². The molecule has 1 aromatic rings. The molecular formula is C9H7FN2O3. The normalized spacial score (nSPS) is 11.6. The van der Waals surface area contributed by atoms with Gasteiger partial charge in [-0.2, -0.15) is 9.38 Å². The Balaban J connectivity index is 3.26. The molecule has 0 aliphatic heterocycles. The summed E-state index contributed by atoms with van der Waals surface area (Å²) >= 11 is 0. The average Bonchev–Trinajstić information content (AvgIpc) is 2.17. The van der Waals surface area contributed by atoms with Gasteiger partial charge in [0.2, 0.25) is 11.9 Å². The smallest absolute Gasteiger partial charge is 0.258 e. The minimum absolute atomic E-state index is 0.00699. The van der Waals surface area contributed by atoms with Gasteiger partial charge in [-0.15, -0.1) is 0 Å². The molecule has 1 atom stereocenters. The molecule has 0 fully saturated rings. The fourth-order valence-corrected chi connectivity index (χ4v) is 1.15. The predicted octanol–water partition coefficient (Wildman–Crippen LogP) is 2.13. The minimum Gasteiger partial charge on any atom is -0.258 e. The Morgan fingerprint density at radius 2 is 2.27 bits per heavy atom. The van der Waals surface area contributed by atoms with Crippen molar-refractivity contribution in [2.45, 2.75) is 13.0 Å². The van der Waals surface area contributed by atoms with Crippen LogP contribution in [0.5, 0.6) is 0 Å². The molecule has 0 bridgehead atoms. The number of halogens is 1. The summed E-state index contributed by atoms with van der Waals surface area (Å²) in [6, 6.07) is 2.96. The first-order valence-corrected chi connectivity index (χ1v) is 4.07. The molecule has 0 radical (unpaired) electrons. The van der Waals surface area contributed by atoms with Gasteiger partial charge in [0.1, 0.15) is 0 Å². The lowest BCUT2D eigenvalue weighted by Crippen LogP contribution is -1.99. The van der Waals surface area contributed by atoms with Crippen LogP contribution in [0.3, 0.4) is 0 Å². The molecule has 0 amide bonds. The van der Waals surface area contributed by atoms with E-state index in [2.05, 4.69) is 4.99 Å². The lowest BCUT2D eigenvalue weighted by atomic mass is 10.1. The maximum atomic E-state index is 13.5. The van der Waals surface area contributed by atoms with Crippen molar-refractivity contribution < 1.29 is 14.1 Å². The predicted molar refractivity (Wildman–Crippen MR) is 49.6 cm³/mol. The molecule has 0 aromatic heterocycles.